The zero-order valence-electron chi connectivity index (χ0n) is 8.38. The maximum absolute atomic E-state index is 11.4. The first-order chi connectivity index (χ1) is 6.00. The van der Waals surface area contributed by atoms with Gasteiger partial charge in [0.25, 0.3) is 0 Å². The van der Waals surface area contributed by atoms with Crippen LogP contribution in [-0.2, 0) is 9.53 Å². The van der Waals surface area contributed by atoms with E-state index in [-0.39, 0.29) is 5.78 Å². The molecule has 3 nitrogen and oxygen atoms in total. The van der Waals surface area contributed by atoms with Crippen molar-refractivity contribution < 1.29 is 14.6 Å². The molecular weight excluding hydrogens is 168 g/mol. The van der Waals surface area contributed by atoms with Gasteiger partial charge in [0.2, 0.25) is 0 Å². The fraction of sp³-hybridized carbons (Fsp3) is 0.900. The Labute approximate surface area is 79.1 Å². The summed E-state index contributed by atoms with van der Waals surface area (Å²) < 4.78 is 5.19. The molecule has 76 valence electrons. The number of carbonyl (C=O) groups excluding carboxylic acids is 1. The van der Waals surface area contributed by atoms with E-state index in [1.807, 2.05) is 0 Å². The van der Waals surface area contributed by atoms with E-state index in [0.29, 0.717) is 12.3 Å². The van der Waals surface area contributed by atoms with E-state index in [2.05, 4.69) is 0 Å². The topological polar surface area (TPSA) is 46.5 Å². The summed E-state index contributed by atoms with van der Waals surface area (Å²) in [5, 5.41) is 9.44. The van der Waals surface area contributed by atoms with Crippen LogP contribution in [0.25, 0.3) is 0 Å². The summed E-state index contributed by atoms with van der Waals surface area (Å²) in [5.74, 6) is 0.354. The van der Waals surface area contributed by atoms with Crippen molar-refractivity contribution in [3.05, 3.63) is 0 Å². The van der Waals surface area contributed by atoms with Crippen LogP contribution < -0.4 is 0 Å². The van der Waals surface area contributed by atoms with Crippen LogP contribution in [0.15, 0.2) is 0 Å². The summed E-state index contributed by atoms with van der Waals surface area (Å²) in [4.78, 5) is 11.4. The van der Waals surface area contributed by atoms with Crippen molar-refractivity contribution in [2.45, 2.75) is 38.7 Å². The smallest absolute Gasteiger partial charge is 0.164 e. The van der Waals surface area contributed by atoms with Crippen LogP contribution in [0, 0.1) is 5.92 Å². The van der Waals surface area contributed by atoms with Crippen molar-refractivity contribution in [1.29, 1.82) is 0 Å². The molecule has 1 saturated heterocycles. The van der Waals surface area contributed by atoms with Gasteiger partial charge in [0.05, 0.1) is 0 Å². The molecule has 0 aromatic carbocycles. The minimum absolute atomic E-state index is 0.0561. The van der Waals surface area contributed by atoms with Crippen LogP contribution >= 0.6 is 0 Å². The van der Waals surface area contributed by atoms with E-state index in [0.717, 1.165) is 26.1 Å². The first-order valence-electron chi connectivity index (χ1n) is 4.83. The molecular formula is C10H18O3. The van der Waals surface area contributed by atoms with E-state index in [4.69, 9.17) is 4.74 Å². The van der Waals surface area contributed by atoms with Crippen LogP contribution in [0.4, 0.5) is 0 Å². The fourth-order valence-corrected chi connectivity index (χ4v) is 1.46. The molecule has 0 unspecified atom stereocenters. The Balaban J connectivity index is 2.35. The summed E-state index contributed by atoms with van der Waals surface area (Å²) in [6.45, 7) is 4.61. The maximum atomic E-state index is 11.4. The van der Waals surface area contributed by atoms with Gasteiger partial charge in [0.1, 0.15) is 5.60 Å². The Morgan fingerprint density at radius 2 is 2.00 bits per heavy atom. The Morgan fingerprint density at radius 3 is 2.46 bits per heavy atom. The lowest BCUT2D eigenvalue weighted by molar-refractivity contribution is -0.135. The molecule has 0 saturated carbocycles. The Kier molecular flexibility index (Phi) is 3.45. The van der Waals surface area contributed by atoms with Gasteiger partial charge in [0, 0.05) is 19.6 Å². The predicted molar refractivity (Wildman–Crippen MR) is 49.5 cm³/mol. The first kappa shape index (κ1) is 10.7. The second kappa shape index (κ2) is 4.20. The molecule has 13 heavy (non-hydrogen) atoms. The Bertz CT molecular complexity index is 175. The van der Waals surface area contributed by atoms with E-state index in [9.17, 15) is 9.90 Å². The van der Waals surface area contributed by atoms with Crippen molar-refractivity contribution in [3.63, 3.8) is 0 Å². The molecule has 0 aliphatic carbocycles. The van der Waals surface area contributed by atoms with E-state index in [1.165, 1.54) is 0 Å². The quantitative estimate of drug-likeness (QED) is 0.719. The molecule has 3 heteroatoms. The number of ketones is 1. The molecule has 1 heterocycles. The number of aliphatic hydroxyl groups is 1. The van der Waals surface area contributed by atoms with Crippen molar-refractivity contribution in [2.75, 3.05) is 13.2 Å². The van der Waals surface area contributed by atoms with Gasteiger partial charge in [-0.05, 0) is 32.6 Å². The van der Waals surface area contributed by atoms with Gasteiger partial charge in [-0.2, -0.15) is 0 Å². The summed E-state index contributed by atoms with van der Waals surface area (Å²) in [6, 6.07) is 0. The van der Waals surface area contributed by atoms with Gasteiger partial charge in [-0.1, -0.05) is 0 Å². The lowest BCUT2D eigenvalue weighted by Gasteiger charge is -2.24. The van der Waals surface area contributed by atoms with E-state index < -0.39 is 5.60 Å². The minimum atomic E-state index is -1.17. The molecule has 0 bridgehead atoms. The van der Waals surface area contributed by atoms with Gasteiger partial charge in [0.15, 0.2) is 5.78 Å². The largest absolute Gasteiger partial charge is 0.383 e. The number of hydrogen-bond acceptors (Lipinski definition) is 3. The molecule has 0 atom stereocenters. The molecule has 1 N–H and O–H groups in total. The molecule has 0 amide bonds. The third-order valence-electron chi connectivity index (χ3n) is 2.50. The summed E-state index contributed by atoms with van der Waals surface area (Å²) in [6.07, 6.45) is 2.39. The van der Waals surface area contributed by atoms with Crippen LogP contribution in [0.3, 0.4) is 0 Å². The molecule has 0 aromatic heterocycles. The third kappa shape index (κ3) is 3.44. The van der Waals surface area contributed by atoms with Crippen molar-refractivity contribution in [2.24, 2.45) is 5.92 Å². The third-order valence-corrected chi connectivity index (χ3v) is 2.50. The molecule has 0 radical (unpaired) electrons. The highest BCUT2D eigenvalue weighted by atomic mass is 16.5. The van der Waals surface area contributed by atoms with Crippen molar-refractivity contribution in [1.82, 2.24) is 0 Å². The molecule has 1 rings (SSSR count). The Morgan fingerprint density at radius 1 is 1.46 bits per heavy atom. The van der Waals surface area contributed by atoms with Gasteiger partial charge in [-0.25, -0.2) is 0 Å². The summed E-state index contributed by atoms with van der Waals surface area (Å²) >= 11 is 0. The van der Waals surface area contributed by atoms with E-state index >= 15 is 0 Å². The number of ether oxygens (including phenoxy) is 1. The highest BCUT2D eigenvalue weighted by Gasteiger charge is 2.27. The fourth-order valence-electron chi connectivity index (χ4n) is 1.46. The average Bonchev–Trinajstić information content (AvgIpc) is 2.04. The Hall–Kier alpha value is -0.410. The molecule has 1 aliphatic rings. The zero-order valence-corrected chi connectivity index (χ0v) is 8.38. The van der Waals surface area contributed by atoms with Gasteiger partial charge in [-0.15, -0.1) is 0 Å². The highest BCUT2D eigenvalue weighted by molar-refractivity contribution is 5.86. The lowest BCUT2D eigenvalue weighted by Crippen LogP contribution is -2.33. The van der Waals surface area contributed by atoms with Gasteiger partial charge in [-0.3, -0.25) is 4.79 Å². The predicted octanol–water partition coefficient (Wildman–Crippen LogP) is 1.14. The first-order valence-corrected chi connectivity index (χ1v) is 4.83. The lowest BCUT2D eigenvalue weighted by atomic mass is 9.89. The highest BCUT2D eigenvalue weighted by Crippen LogP contribution is 2.21. The maximum Gasteiger partial charge on any atom is 0.164 e. The molecule has 0 spiro atoms. The molecule has 0 aromatic rings. The monoisotopic (exact) mass is 186 g/mol. The minimum Gasteiger partial charge on any atom is -0.383 e. The number of Topliss-reactive ketones (excluding diaryl/α,β-unsaturated/α-hetero) is 1. The second-order valence-corrected chi connectivity index (χ2v) is 4.24. The van der Waals surface area contributed by atoms with Crippen LogP contribution in [0.1, 0.15) is 33.1 Å². The number of carbonyl (C=O) groups is 1. The summed E-state index contributed by atoms with van der Waals surface area (Å²) in [5.41, 5.74) is -1.17. The van der Waals surface area contributed by atoms with Gasteiger partial charge >= 0.3 is 0 Å². The number of rotatable bonds is 3. The number of hydrogen-bond donors (Lipinski definition) is 1. The SMILES string of the molecule is CC(C)(O)C(=O)CC1CCOCC1. The summed E-state index contributed by atoms with van der Waals surface area (Å²) in [7, 11) is 0. The van der Waals surface area contributed by atoms with Crippen LogP contribution in [0.2, 0.25) is 0 Å². The van der Waals surface area contributed by atoms with Crippen LogP contribution in [0.5, 0.6) is 0 Å². The van der Waals surface area contributed by atoms with Gasteiger partial charge < -0.3 is 9.84 Å². The molecule has 1 fully saturated rings. The zero-order chi connectivity index (χ0) is 9.90. The standard InChI is InChI=1S/C10H18O3/c1-10(2,12)9(11)7-8-3-5-13-6-4-8/h8,12H,3-7H2,1-2H3. The second-order valence-electron chi connectivity index (χ2n) is 4.24. The molecule has 1 aliphatic heterocycles. The van der Waals surface area contributed by atoms with Crippen molar-refractivity contribution >= 4 is 5.78 Å². The van der Waals surface area contributed by atoms with Crippen molar-refractivity contribution in [3.8, 4) is 0 Å². The van der Waals surface area contributed by atoms with E-state index in [1.54, 1.807) is 13.8 Å². The normalized spacial score (nSPS) is 20.2. The van der Waals surface area contributed by atoms with Crippen LogP contribution in [-0.4, -0.2) is 29.7 Å². The average molecular weight is 186 g/mol.